The fourth-order valence-electron chi connectivity index (χ4n) is 3.08. The molecule has 0 aliphatic heterocycles. The monoisotopic (exact) mass is 350 g/mol. The molecule has 4 rings (SSSR count). The maximum Gasteiger partial charge on any atom is 0.103 e. The van der Waals surface area contributed by atoms with Gasteiger partial charge >= 0.3 is 0 Å². The van der Waals surface area contributed by atoms with Crippen LogP contribution in [0.15, 0.2) is 73.2 Å². The van der Waals surface area contributed by atoms with Crippen molar-refractivity contribution in [1.82, 2.24) is 9.55 Å². The van der Waals surface area contributed by atoms with Crippen LogP contribution < -0.4 is 5.32 Å². The first-order chi connectivity index (χ1) is 13.2. The van der Waals surface area contributed by atoms with Crippen LogP contribution in [0.2, 0.25) is 0 Å². The standard InChI is InChI=1S/C23H18N4/c1-27-12-11-18-13-21(9-10-22(18)27)26-23-19(15-25-16-20(23)14-24)8-7-17-5-3-2-4-6-17/h2-13,15-16H,1H3,(H,25,26)/b8-7+. The Kier molecular flexibility index (Phi) is 4.42. The van der Waals surface area contributed by atoms with Crippen molar-refractivity contribution in [2.75, 3.05) is 5.32 Å². The molecule has 0 atom stereocenters. The molecule has 4 nitrogen and oxygen atoms in total. The Morgan fingerprint density at radius 1 is 1.04 bits per heavy atom. The maximum absolute atomic E-state index is 9.52. The first-order valence-corrected chi connectivity index (χ1v) is 8.68. The first-order valence-electron chi connectivity index (χ1n) is 8.68. The summed E-state index contributed by atoms with van der Waals surface area (Å²) in [4.78, 5) is 4.21. The molecule has 2 aromatic carbocycles. The third kappa shape index (κ3) is 3.44. The molecular weight excluding hydrogens is 332 g/mol. The Bertz CT molecular complexity index is 1160. The van der Waals surface area contributed by atoms with Gasteiger partial charge in [0, 0.05) is 47.8 Å². The molecule has 0 radical (unpaired) electrons. The number of nitrogens with zero attached hydrogens (tertiary/aromatic N) is 3. The number of nitrogens with one attached hydrogen (secondary N) is 1. The minimum atomic E-state index is 0.512. The van der Waals surface area contributed by atoms with Gasteiger partial charge in [-0.05, 0) is 29.8 Å². The maximum atomic E-state index is 9.52. The number of hydrogen-bond donors (Lipinski definition) is 1. The number of benzene rings is 2. The molecule has 0 spiro atoms. The largest absolute Gasteiger partial charge is 0.354 e. The van der Waals surface area contributed by atoms with E-state index in [1.807, 2.05) is 61.8 Å². The third-order valence-electron chi connectivity index (χ3n) is 4.51. The summed E-state index contributed by atoms with van der Waals surface area (Å²) in [5.41, 5.74) is 5.33. The second-order valence-corrected chi connectivity index (χ2v) is 6.33. The lowest BCUT2D eigenvalue weighted by atomic mass is 10.1. The van der Waals surface area contributed by atoms with Gasteiger partial charge < -0.3 is 9.88 Å². The second kappa shape index (κ2) is 7.19. The number of nitriles is 1. The fraction of sp³-hybridized carbons (Fsp3) is 0.0435. The van der Waals surface area contributed by atoms with Crippen molar-refractivity contribution in [2.45, 2.75) is 0 Å². The molecule has 2 aromatic heterocycles. The zero-order chi connectivity index (χ0) is 18.6. The van der Waals surface area contributed by atoms with Crippen LogP contribution >= 0.6 is 0 Å². The van der Waals surface area contributed by atoms with E-state index in [0.717, 1.165) is 27.9 Å². The van der Waals surface area contributed by atoms with Gasteiger partial charge in [0.1, 0.15) is 6.07 Å². The van der Waals surface area contributed by atoms with E-state index >= 15 is 0 Å². The summed E-state index contributed by atoms with van der Waals surface area (Å²) in [6, 6.07) is 20.5. The highest BCUT2D eigenvalue weighted by molar-refractivity contribution is 5.87. The Morgan fingerprint density at radius 2 is 1.89 bits per heavy atom. The van der Waals surface area contributed by atoms with E-state index < -0.39 is 0 Å². The number of anilines is 2. The number of pyridine rings is 1. The van der Waals surface area contributed by atoms with Gasteiger partial charge in [0.05, 0.1) is 11.3 Å². The second-order valence-electron chi connectivity index (χ2n) is 6.33. The molecule has 4 aromatic rings. The van der Waals surface area contributed by atoms with E-state index in [-0.39, 0.29) is 0 Å². The van der Waals surface area contributed by atoms with Crippen molar-refractivity contribution in [3.63, 3.8) is 0 Å². The van der Waals surface area contributed by atoms with E-state index in [2.05, 4.69) is 39.1 Å². The topological polar surface area (TPSA) is 53.6 Å². The van der Waals surface area contributed by atoms with Crippen molar-refractivity contribution in [3.8, 4) is 6.07 Å². The lowest BCUT2D eigenvalue weighted by molar-refractivity contribution is 0.969. The highest BCUT2D eigenvalue weighted by Crippen LogP contribution is 2.28. The Hall–Kier alpha value is -3.84. The van der Waals surface area contributed by atoms with Gasteiger partial charge in [0.25, 0.3) is 0 Å². The minimum absolute atomic E-state index is 0.512. The summed E-state index contributed by atoms with van der Waals surface area (Å²) >= 11 is 0. The summed E-state index contributed by atoms with van der Waals surface area (Å²) in [6.07, 6.45) is 9.39. The number of aryl methyl sites for hydroxylation is 1. The molecule has 0 saturated heterocycles. The van der Waals surface area contributed by atoms with Crippen molar-refractivity contribution in [1.29, 1.82) is 5.26 Å². The summed E-state index contributed by atoms with van der Waals surface area (Å²) < 4.78 is 2.08. The normalized spacial score (nSPS) is 11.0. The van der Waals surface area contributed by atoms with Crippen LogP contribution in [0, 0.1) is 11.3 Å². The van der Waals surface area contributed by atoms with Gasteiger partial charge in [0.15, 0.2) is 0 Å². The van der Waals surface area contributed by atoms with Crippen LogP contribution in [-0.4, -0.2) is 9.55 Å². The molecule has 27 heavy (non-hydrogen) atoms. The molecule has 0 aliphatic rings. The van der Waals surface area contributed by atoms with Crippen molar-refractivity contribution in [3.05, 3.63) is 89.9 Å². The van der Waals surface area contributed by atoms with Crippen LogP contribution in [0.1, 0.15) is 16.7 Å². The van der Waals surface area contributed by atoms with Crippen molar-refractivity contribution >= 4 is 34.4 Å². The molecule has 0 unspecified atom stereocenters. The lowest BCUT2D eigenvalue weighted by Gasteiger charge is -2.12. The number of aromatic nitrogens is 2. The molecular formula is C23H18N4. The molecule has 1 N–H and O–H groups in total. The Balaban J connectivity index is 1.72. The van der Waals surface area contributed by atoms with E-state index in [4.69, 9.17) is 0 Å². The predicted molar refractivity (Wildman–Crippen MR) is 111 cm³/mol. The first kappa shape index (κ1) is 16.6. The van der Waals surface area contributed by atoms with Gasteiger partial charge in [-0.1, -0.05) is 42.5 Å². The van der Waals surface area contributed by atoms with Gasteiger partial charge in [-0.15, -0.1) is 0 Å². The Labute approximate surface area is 158 Å². The lowest BCUT2D eigenvalue weighted by Crippen LogP contribution is -1.98. The summed E-state index contributed by atoms with van der Waals surface area (Å²) in [5.74, 6) is 0. The Morgan fingerprint density at radius 3 is 2.70 bits per heavy atom. The molecule has 2 heterocycles. The smallest absolute Gasteiger partial charge is 0.103 e. The van der Waals surface area contributed by atoms with Gasteiger partial charge in [-0.2, -0.15) is 5.26 Å². The zero-order valence-corrected chi connectivity index (χ0v) is 14.9. The summed E-state index contributed by atoms with van der Waals surface area (Å²) in [5, 5.41) is 14.1. The molecule has 0 amide bonds. The number of rotatable bonds is 4. The van der Waals surface area contributed by atoms with Gasteiger partial charge in [0.2, 0.25) is 0 Å². The van der Waals surface area contributed by atoms with Gasteiger partial charge in [-0.25, -0.2) is 0 Å². The van der Waals surface area contributed by atoms with Crippen LogP contribution in [0.4, 0.5) is 11.4 Å². The van der Waals surface area contributed by atoms with E-state index in [0.29, 0.717) is 5.56 Å². The number of fused-ring (bicyclic) bond motifs is 1. The van der Waals surface area contributed by atoms with Crippen molar-refractivity contribution < 1.29 is 0 Å². The van der Waals surface area contributed by atoms with Crippen molar-refractivity contribution in [2.24, 2.45) is 7.05 Å². The van der Waals surface area contributed by atoms with E-state index in [1.54, 1.807) is 12.4 Å². The van der Waals surface area contributed by atoms with Crippen LogP contribution in [0.3, 0.4) is 0 Å². The molecule has 0 bridgehead atoms. The van der Waals surface area contributed by atoms with E-state index in [1.165, 1.54) is 5.52 Å². The molecule has 0 fully saturated rings. The highest BCUT2D eigenvalue weighted by atomic mass is 14.9. The zero-order valence-electron chi connectivity index (χ0n) is 14.9. The quantitative estimate of drug-likeness (QED) is 0.539. The predicted octanol–water partition coefficient (Wildman–Crippen LogP) is 5.36. The van der Waals surface area contributed by atoms with Crippen LogP contribution in [-0.2, 0) is 7.05 Å². The molecule has 0 saturated carbocycles. The van der Waals surface area contributed by atoms with Gasteiger partial charge in [-0.3, -0.25) is 4.98 Å². The molecule has 4 heteroatoms. The average molecular weight is 350 g/mol. The minimum Gasteiger partial charge on any atom is -0.354 e. The average Bonchev–Trinajstić information content (AvgIpc) is 3.08. The molecule has 0 aliphatic carbocycles. The molecule has 130 valence electrons. The third-order valence-corrected chi connectivity index (χ3v) is 4.51. The van der Waals surface area contributed by atoms with Crippen LogP contribution in [0.25, 0.3) is 23.1 Å². The summed E-state index contributed by atoms with van der Waals surface area (Å²) in [6.45, 7) is 0. The summed E-state index contributed by atoms with van der Waals surface area (Å²) in [7, 11) is 2.03. The fourth-order valence-corrected chi connectivity index (χ4v) is 3.08. The van der Waals surface area contributed by atoms with E-state index in [9.17, 15) is 5.26 Å². The number of hydrogen-bond acceptors (Lipinski definition) is 3. The SMILES string of the molecule is Cn1ccc2cc(Nc3c(C#N)cncc3/C=C/c3ccccc3)ccc21. The van der Waals surface area contributed by atoms with Crippen LogP contribution in [0.5, 0.6) is 0 Å². The highest BCUT2D eigenvalue weighted by Gasteiger charge is 2.09.